The van der Waals surface area contributed by atoms with Gasteiger partial charge in [0, 0.05) is 25.1 Å². The van der Waals surface area contributed by atoms with Crippen LogP contribution in [-0.2, 0) is 4.74 Å². The summed E-state index contributed by atoms with van der Waals surface area (Å²) in [5, 5.41) is 3.29. The van der Waals surface area contributed by atoms with E-state index in [2.05, 4.69) is 22.2 Å². The molecule has 1 aromatic heterocycles. The van der Waals surface area contributed by atoms with Gasteiger partial charge in [0.15, 0.2) is 0 Å². The number of rotatable bonds is 5. The Morgan fingerprint density at radius 2 is 2.15 bits per heavy atom. The average molecular weight is 181 g/mol. The summed E-state index contributed by atoms with van der Waals surface area (Å²) in [6.07, 6.45) is 5.14. The van der Waals surface area contributed by atoms with E-state index in [1.807, 2.05) is 0 Å². The van der Waals surface area contributed by atoms with Crippen molar-refractivity contribution in [2.24, 2.45) is 0 Å². The van der Waals surface area contributed by atoms with E-state index in [1.54, 1.807) is 19.5 Å². The molecule has 0 amide bonds. The van der Waals surface area contributed by atoms with Crippen molar-refractivity contribution in [3.63, 3.8) is 0 Å². The van der Waals surface area contributed by atoms with E-state index in [9.17, 15) is 0 Å². The Morgan fingerprint density at radius 1 is 1.46 bits per heavy atom. The van der Waals surface area contributed by atoms with Gasteiger partial charge in [0.2, 0.25) is 0 Å². The predicted octanol–water partition coefficient (Wildman–Crippen LogP) is 0.774. The Balaban J connectivity index is 2.64. The highest BCUT2D eigenvalue weighted by molar-refractivity contribution is 5.08. The second-order valence-electron chi connectivity index (χ2n) is 2.74. The number of hydrogen-bond acceptors (Lipinski definition) is 4. The molecule has 0 fully saturated rings. The second-order valence-corrected chi connectivity index (χ2v) is 2.74. The summed E-state index contributed by atoms with van der Waals surface area (Å²) in [5.74, 6) is 0. The summed E-state index contributed by atoms with van der Waals surface area (Å²) < 4.78 is 5.09. The number of nitrogens with one attached hydrogen (secondary N) is 1. The predicted molar refractivity (Wildman–Crippen MR) is 50.3 cm³/mol. The fourth-order valence-corrected chi connectivity index (χ4v) is 1.18. The molecular formula is C9H15N3O. The maximum absolute atomic E-state index is 5.09. The molecule has 0 radical (unpaired) electrons. The topological polar surface area (TPSA) is 47.0 Å². The van der Waals surface area contributed by atoms with Crippen molar-refractivity contribution < 1.29 is 4.74 Å². The molecule has 0 bridgehead atoms. The fraction of sp³-hybridized carbons (Fsp3) is 0.556. The van der Waals surface area contributed by atoms with E-state index in [0.717, 1.165) is 12.1 Å². The Labute approximate surface area is 78.4 Å². The van der Waals surface area contributed by atoms with E-state index in [4.69, 9.17) is 4.74 Å². The van der Waals surface area contributed by atoms with Crippen molar-refractivity contribution in [2.75, 3.05) is 20.3 Å². The quantitative estimate of drug-likeness (QED) is 0.729. The molecule has 0 spiro atoms. The largest absolute Gasteiger partial charge is 0.383 e. The zero-order valence-corrected chi connectivity index (χ0v) is 8.03. The van der Waals surface area contributed by atoms with Crippen LogP contribution < -0.4 is 5.32 Å². The van der Waals surface area contributed by atoms with Crippen LogP contribution >= 0.6 is 0 Å². The van der Waals surface area contributed by atoms with Crippen LogP contribution in [0.3, 0.4) is 0 Å². The Kier molecular flexibility index (Phi) is 4.35. The highest BCUT2D eigenvalue weighted by Gasteiger charge is 2.09. The van der Waals surface area contributed by atoms with Gasteiger partial charge in [-0.2, -0.15) is 0 Å². The minimum Gasteiger partial charge on any atom is -0.383 e. The van der Waals surface area contributed by atoms with E-state index in [-0.39, 0.29) is 6.04 Å². The van der Waals surface area contributed by atoms with Crippen LogP contribution in [0.5, 0.6) is 0 Å². The lowest BCUT2D eigenvalue weighted by Gasteiger charge is -2.15. The van der Waals surface area contributed by atoms with Crippen molar-refractivity contribution in [1.82, 2.24) is 15.3 Å². The molecule has 1 aromatic rings. The first-order valence-corrected chi connectivity index (χ1v) is 4.35. The molecule has 1 rings (SSSR count). The summed E-state index contributed by atoms with van der Waals surface area (Å²) in [6.45, 7) is 3.61. The summed E-state index contributed by atoms with van der Waals surface area (Å²) in [6, 6.07) is 0.191. The molecule has 1 heterocycles. The lowest BCUT2D eigenvalue weighted by Crippen LogP contribution is -2.25. The van der Waals surface area contributed by atoms with Gasteiger partial charge in [-0.05, 0) is 6.54 Å². The van der Waals surface area contributed by atoms with Crippen LogP contribution in [0.1, 0.15) is 18.5 Å². The van der Waals surface area contributed by atoms with Crippen molar-refractivity contribution >= 4 is 0 Å². The first kappa shape index (κ1) is 10.1. The van der Waals surface area contributed by atoms with Gasteiger partial charge in [0.05, 0.1) is 12.6 Å². The van der Waals surface area contributed by atoms with Gasteiger partial charge in [-0.25, -0.2) is 9.97 Å². The van der Waals surface area contributed by atoms with Crippen LogP contribution in [-0.4, -0.2) is 30.2 Å². The molecule has 0 saturated carbocycles. The minimum atomic E-state index is 0.191. The third-order valence-corrected chi connectivity index (χ3v) is 1.77. The second kappa shape index (κ2) is 5.61. The third kappa shape index (κ3) is 3.08. The molecule has 0 saturated heterocycles. The van der Waals surface area contributed by atoms with Crippen LogP contribution in [0.15, 0.2) is 18.7 Å². The van der Waals surface area contributed by atoms with Crippen LogP contribution in [0, 0.1) is 0 Å². The number of likely N-dealkylation sites (N-methyl/N-ethyl adjacent to an activating group) is 1. The normalized spacial score (nSPS) is 12.8. The van der Waals surface area contributed by atoms with Crippen molar-refractivity contribution in [3.8, 4) is 0 Å². The van der Waals surface area contributed by atoms with E-state index < -0.39 is 0 Å². The van der Waals surface area contributed by atoms with Crippen molar-refractivity contribution in [2.45, 2.75) is 13.0 Å². The van der Waals surface area contributed by atoms with Crippen LogP contribution in [0.25, 0.3) is 0 Å². The Bertz CT molecular complexity index is 222. The van der Waals surface area contributed by atoms with Crippen LogP contribution in [0.4, 0.5) is 0 Å². The number of hydrogen-bond donors (Lipinski definition) is 1. The van der Waals surface area contributed by atoms with Gasteiger partial charge in [-0.1, -0.05) is 6.92 Å². The molecule has 0 aliphatic carbocycles. The Hall–Kier alpha value is -1.00. The Morgan fingerprint density at radius 3 is 2.69 bits per heavy atom. The molecule has 4 heteroatoms. The maximum Gasteiger partial charge on any atom is 0.115 e. The number of nitrogens with zero attached hydrogens (tertiary/aromatic N) is 2. The van der Waals surface area contributed by atoms with E-state index in [0.29, 0.717) is 6.61 Å². The van der Waals surface area contributed by atoms with Gasteiger partial charge < -0.3 is 10.1 Å². The lowest BCUT2D eigenvalue weighted by atomic mass is 10.1. The smallest absolute Gasteiger partial charge is 0.115 e. The first-order chi connectivity index (χ1) is 6.38. The van der Waals surface area contributed by atoms with Crippen molar-refractivity contribution in [3.05, 3.63) is 24.3 Å². The summed E-state index contributed by atoms with van der Waals surface area (Å²) >= 11 is 0. The van der Waals surface area contributed by atoms with E-state index >= 15 is 0 Å². The van der Waals surface area contributed by atoms with Gasteiger partial charge in [-0.3, -0.25) is 0 Å². The van der Waals surface area contributed by atoms with Crippen LogP contribution in [0.2, 0.25) is 0 Å². The average Bonchev–Trinajstić information content (AvgIpc) is 2.19. The zero-order valence-electron chi connectivity index (χ0n) is 8.03. The summed E-state index contributed by atoms with van der Waals surface area (Å²) in [5.41, 5.74) is 1.06. The van der Waals surface area contributed by atoms with Crippen molar-refractivity contribution in [1.29, 1.82) is 0 Å². The molecule has 72 valence electrons. The standard InChI is InChI=1S/C9H15N3O/c1-3-12-9(6-13-2)8-4-10-7-11-5-8/h4-5,7,9,12H,3,6H2,1-2H3. The molecular weight excluding hydrogens is 166 g/mol. The molecule has 13 heavy (non-hydrogen) atoms. The van der Waals surface area contributed by atoms with E-state index in [1.165, 1.54) is 6.33 Å². The third-order valence-electron chi connectivity index (χ3n) is 1.77. The molecule has 0 aromatic carbocycles. The number of aromatic nitrogens is 2. The molecule has 1 N–H and O–H groups in total. The fourth-order valence-electron chi connectivity index (χ4n) is 1.18. The van der Waals surface area contributed by atoms with Gasteiger partial charge in [-0.15, -0.1) is 0 Å². The monoisotopic (exact) mass is 181 g/mol. The number of methoxy groups -OCH3 is 1. The number of ether oxygens (including phenoxy) is 1. The minimum absolute atomic E-state index is 0.191. The molecule has 4 nitrogen and oxygen atoms in total. The van der Waals surface area contributed by atoms with Gasteiger partial charge in [0.25, 0.3) is 0 Å². The molecule has 0 aliphatic heterocycles. The molecule has 0 aliphatic rings. The SMILES string of the molecule is CCNC(COC)c1cncnc1. The van der Waals surface area contributed by atoms with Gasteiger partial charge in [0.1, 0.15) is 6.33 Å². The highest BCUT2D eigenvalue weighted by atomic mass is 16.5. The highest BCUT2D eigenvalue weighted by Crippen LogP contribution is 2.09. The molecule has 1 unspecified atom stereocenters. The maximum atomic E-state index is 5.09. The zero-order chi connectivity index (χ0) is 9.52. The summed E-state index contributed by atoms with van der Waals surface area (Å²) in [7, 11) is 1.69. The lowest BCUT2D eigenvalue weighted by molar-refractivity contribution is 0.167. The summed E-state index contributed by atoms with van der Waals surface area (Å²) in [4.78, 5) is 7.93. The van der Waals surface area contributed by atoms with Gasteiger partial charge >= 0.3 is 0 Å². The molecule has 1 atom stereocenters. The first-order valence-electron chi connectivity index (χ1n) is 4.35.